The first-order chi connectivity index (χ1) is 8.95. The van der Waals surface area contributed by atoms with E-state index in [1.54, 1.807) is 11.3 Å². The van der Waals surface area contributed by atoms with Gasteiger partial charge in [-0.2, -0.15) is 20.1 Å². The summed E-state index contributed by atoms with van der Waals surface area (Å²) in [4.78, 5) is 0. The summed E-state index contributed by atoms with van der Waals surface area (Å²) in [7, 11) is 0. The molecule has 1 rings (SSSR count). The zero-order valence-electron chi connectivity index (χ0n) is 10.5. The van der Waals surface area contributed by atoms with E-state index in [1.165, 1.54) is 0 Å². The largest absolute Gasteiger partial charge is 0.373 e. The molecule has 0 fully saturated rings. The molecular formula is C12H17F4NOS. The van der Waals surface area contributed by atoms with Gasteiger partial charge in [0.2, 0.25) is 0 Å². The van der Waals surface area contributed by atoms with Crippen LogP contribution in [0.4, 0.5) is 17.6 Å². The fraction of sp³-hybridized carbons (Fsp3) is 0.667. The predicted molar refractivity (Wildman–Crippen MR) is 67.3 cm³/mol. The van der Waals surface area contributed by atoms with E-state index in [2.05, 4.69) is 5.32 Å². The summed E-state index contributed by atoms with van der Waals surface area (Å²) in [6, 6.07) is 1.77. The van der Waals surface area contributed by atoms with Crippen LogP contribution in [0.3, 0.4) is 0 Å². The molecule has 0 radical (unpaired) electrons. The van der Waals surface area contributed by atoms with E-state index in [4.69, 9.17) is 4.74 Å². The Balaban J connectivity index is 2.37. The minimum absolute atomic E-state index is 0.0218. The average Bonchev–Trinajstić information content (AvgIpc) is 2.81. The van der Waals surface area contributed by atoms with Crippen LogP contribution in [0.2, 0.25) is 0 Å². The number of thiophene rings is 1. The Morgan fingerprint density at radius 1 is 1.42 bits per heavy atom. The minimum Gasteiger partial charge on any atom is -0.373 e. The maximum absolute atomic E-state index is 12.7. The van der Waals surface area contributed by atoms with Gasteiger partial charge in [0.1, 0.15) is 6.61 Å². The number of ether oxygens (including phenoxy) is 1. The standard InChI is InChI=1S/C12H17F4NOS/c1-2-17-10(5-9-3-4-19-7-9)6-18-8-12(15,16)11(13)14/h3-4,7,10-11,17H,2,5-6,8H2,1H3. The molecule has 1 N–H and O–H groups in total. The van der Waals surface area contributed by atoms with Gasteiger partial charge in [-0.25, -0.2) is 8.78 Å². The Morgan fingerprint density at radius 2 is 2.16 bits per heavy atom. The van der Waals surface area contributed by atoms with Crippen molar-refractivity contribution in [2.24, 2.45) is 0 Å². The summed E-state index contributed by atoms with van der Waals surface area (Å²) < 4.78 is 54.0. The quantitative estimate of drug-likeness (QED) is 0.707. The molecule has 2 nitrogen and oxygen atoms in total. The summed E-state index contributed by atoms with van der Waals surface area (Å²) in [6.45, 7) is 1.26. The lowest BCUT2D eigenvalue weighted by molar-refractivity contribution is -0.167. The molecule has 1 atom stereocenters. The topological polar surface area (TPSA) is 21.3 Å². The van der Waals surface area contributed by atoms with E-state index < -0.39 is 19.0 Å². The zero-order chi connectivity index (χ0) is 14.3. The third-order valence-corrected chi connectivity index (χ3v) is 3.22. The molecule has 1 heterocycles. The van der Waals surface area contributed by atoms with Crippen LogP contribution in [0.1, 0.15) is 12.5 Å². The molecular weight excluding hydrogens is 282 g/mol. The van der Waals surface area contributed by atoms with Crippen molar-refractivity contribution in [3.05, 3.63) is 22.4 Å². The number of nitrogens with one attached hydrogen (secondary N) is 1. The second kappa shape index (κ2) is 7.81. The van der Waals surface area contributed by atoms with Crippen LogP contribution in [0, 0.1) is 0 Å². The molecule has 19 heavy (non-hydrogen) atoms. The third-order valence-electron chi connectivity index (χ3n) is 2.49. The first-order valence-corrected chi connectivity index (χ1v) is 6.88. The fourth-order valence-corrected chi connectivity index (χ4v) is 2.25. The van der Waals surface area contributed by atoms with Gasteiger partial charge in [-0.3, -0.25) is 0 Å². The molecule has 0 aliphatic heterocycles. The van der Waals surface area contributed by atoms with Crippen LogP contribution in [0.15, 0.2) is 16.8 Å². The van der Waals surface area contributed by atoms with Gasteiger partial charge in [0, 0.05) is 6.04 Å². The SMILES string of the molecule is CCNC(COCC(F)(F)C(F)F)Cc1ccsc1. The molecule has 0 aliphatic rings. The average molecular weight is 299 g/mol. The van der Waals surface area contributed by atoms with Gasteiger partial charge in [0.25, 0.3) is 0 Å². The Bertz CT molecular complexity index is 346. The molecule has 0 aliphatic carbocycles. The van der Waals surface area contributed by atoms with Gasteiger partial charge in [0.15, 0.2) is 0 Å². The van der Waals surface area contributed by atoms with E-state index in [1.807, 2.05) is 23.8 Å². The summed E-state index contributed by atoms with van der Waals surface area (Å²) >= 11 is 1.54. The van der Waals surface area contributed by atoms with Crippen molar-refractivity contribution in [2.45, 2.75) is 31.7 Å². The minimum atomic E-state index is -4.08. The van der Waals surface area contributed by atoms with Crippen LogP contribution < -0.4 is 5.32 Å². The van der Waals surface area contributed by atoms with Crippen molar-refractivity contribution in [1.82, 2.24) is 5.32 Å². The van der Waals surface area contributed by atoms with Crippen molar-refractivity contribution in [1.29, 1.82) is 0 Å². The molecule has 0 spiro atoms. The van der Waals surface area contributed by atoms with Gasteiger partial charge in [-0.05, 0) is 35.4 Å². The van der Waals surface area contributed by atoms with Crippen LogP contribution >= 0.6 is 11.3 Å². The van der Waals surface area contributed by atoms with E-state index in [0.717, 1.165) is 5.56 Å². The zero-order valence-corrected chi connectivity index (χ0v) is 11.4. The van der Waals surface area contributed by atoms with Gasteiger partial charge in [0.05, 0.1) is 6.61 Å². The second-order valence-corrected chi connectivity index (χ2v) is 4.95. The van der Waals surface area contributed by atoms with Crippen molar-refractivity contribution in [3.8, 4) is 0 Å². The van der Waals surface area contributed by atoms with Crippen molar-refractivity contribution >= 4 is 11.3 Å². The molecule has 0 saturated heterocycles. The smallest absolute Gasteiger partial charge is 0.330 e. The summed E-state index contributed by atoms with van der Waals surface area (Å²) in [5.41, 5.74) is 1.07. The number of halogens is 4. The number of hydrogen-bond acceptors (Lipinski definition) is 3. The summed E-state index contributed by atoms with van der Waals surface area (Å²) in [5.74, 6) is -4.08. The van der Waals surface area contributed by atoms with Crippen LogP contribution in [-0.2, 0) is 11.2 Å². The van der Waals surface area contributed by atoms with Gasteiger partial charge < -0.3 is 10.1 Å². The Hall–Kier alpha value is -0.660. The van der Waals surface area contributed by atoms with Crippen molar-refractivity contribution in [2.75, 3.05) is 19.8 Å². The molecule has 1 aromatic heterocycles. The van der Waals surface area contributed by atoms with Gasteiger partial charge in [-0.15, -0.1) is 0 Å². The van der Waals surface area contributed by atoms with Crippen molar-refractivity contribution in [3.63, 3.8) is 0 Å². The lowest BCUT2D eigenvalue weighted by Crippen LogP contribution is -2.38. The number of likely N-dealkylation sites (N-methyl/N-ethyl adjacent to an activating group) is 1. The molecule has 110 valence electrons. The number of hydrogen-bond donors (Lipinski definition) is 1. The highest BCUT2D eigenvalue weighted by Crippen LogP contribution is 2.23. The number of alkyl halides is 4. The van der Waals surface area contributed by atoms with Gasteiger partial charge in [-0.1, -0.05) is 6.92 Å². The number of rotatable bonds is 9. The Kier molecular flexibility index (Phi) is 6.74. The highest BCUT2D eigenvalue weighted by Gasteiger charge is 2.41. The lowest BCUT2D eigenvalue weighted by Gasteiger charge is -2.20. The first-order valence-electron chi connectivity index (χ1n) is 5.94. The lowest BCUT2D eigenvalue weighted by atomic mass is 10.1. The van der Waals surface area contributed by atoms with Crippen LogP contribution in [0.5, 0.6) is 0 Å². The van der Waals surface area contributed by atoms with Crippen molar-refractivity contribution < 1.29 is 22.3 Å². The molecule has 0 bridgehead atoms. The summed E-state index contributed by atoms with van der Waals surface area (Å²) in [5, 5.41) is 6.96. The maximum Gasteiger partial charge on any atom is 0.330 e. The fourth-order valence-electron chi connectivity index (χ4n) is 1.57. The Labute approximate surface area is 113 Å². The molecule has 1 aromatic rings. The van der Waals surface area contributed by atoms with Crippen LogP contribution in [-0.4, -0.2) is 38.1 Å². The molecule has 7 heteroatoms. The third kappa shape index (κ3) is 5.88. The van der Waals surface area contributed by atoms with E-state index in [-0.39, 0.29) is 12.6 Å². The monoisotopic (exact) mass is 299 g/mol. The second-order valence-electron chi connectivity index (χ2n) is 4.17. The van der Waals surface area contributed by atoms with E-state index in [0.29, 0.717) is 13.0 Å². The highest BCUT2D eigenvalue weighted by molar-refractivity contribution is 7.07. The summed E-state index contributed by atoms with van der Waals surface area (Å²) in [6.07, 6.45) is -3.07. The molecule has 0 saturated carbocycles. The maximum atomic E-state index is 12.7. The highest BCUT2D eigenvalue weighted by atomic mass is 32.1. The first kappa shape index (κ1) is 16.4. The van der Waals surface area contributed by atoms with Crippen LogP contribution in [0.25, 0.3) is 0 Å². The normalized spacial score (nSPS) is 14.0. The van der Waals surface area contributed by atoms with Gasteiger partial charge >= 0.3 is 12.3 Å². The Morgan fingerprint density at radius 3 is 2.68 bits per heavy atom. The molecule has 1 unspecified atom stereocenters. The molecule has 0 amide bonds. The van der Waals surface area contributed by atoms with E-state index >= 15 is 0 Å². The van der Waals surface area contributed by atoms with E-state index in [9.17, 15) is 17.6 Å². The predicted octanol–water partition coefficient (Wildman–Crippen LogP) is 3.19. The molecule has 0 aromatic carbocycles.